The standard InChI is InChI=1S/C95H120N20O13/c1-58-13-8-7-9-14-59(2)81(125-6)46-73-15-12-17-80(126-73)84(119)90(122)115-30-11-10-16-76(115)91(123)127-74(45-77(116)61(4)42-62(5)79(118)47-78(117)60(3)41-58)25-21-63-19-23-72(24-20-63)128-95(124)114-32-28-75-71(56-114)54-105-94(108-75)112-39-37-111(38-40-112)93-101-50-69(51-102-93)88(120)109-33-35-110(36-34-109)92-103-52-70(53-104-92)89(121)113-31-27-65-43-64(18-22-67(65)55-113)48-99-87-82(85(97)106-57-107-87)83(96)68-44-66-26-29-98-86(66)100-49-68/h7-9,13-14,18,22,26,29,42-44,50-54,57-58,60-61,63,72-74,76,79-81,96,98,100,118H,10-12,15-17,19-21,23-25,27-28,30-41,45-49,55-56H2,1-6H3,(H3,97,99,106,107)/b9-7?,13-8+,59-14?,62-42+,96-83?/t58-,60-,61-,63?,72?,73?,74-,76+,79+,80?,81+/m1/s1. The molecule has 5 fully saturated rings. The third kappa shape index (κ3) is 22.2. The van der Waals surface area contributed by atoms with Crippen molar-refractivity contribution in [1.29, 1.82) is 5.41 Å². The predicted molar refractivity (Wildman–Crippen MR) is 482 cm³/mol. The van der Waals surface area contributed by atoms with Crippen molar-refractivity contribution in [3.8, 4) is 0 Å². The molecule has 7 N–H and O–H groups in total. The van der Waals surface area contributed by atoms with Gasteiger partial charge in [0.1, 0.15) is 59.7 Å². The summed E-state index contributed by atoms with van der Waals surface area (Å²) in [5, 5.41) is 27.1. The first kappa shape index (κ1) is 90.8. The number of piperidine rings is 1. The molecule has 0 spiro atoms. The van der Waals surface area contributed by atoms with E-state index in [9.17, 15) is 43.5 Å². The number of fused-ring (bicyclic) bond motifs is 6. The summed E-state index contributed by atoms with van der Waals surface area (Å²) in [6.07, 6.45) is 29.6. The number of ketones is 3. The normalized spacial score (nSPS) is 25.8. The number of benzene rings is 1. The van der Waals surface area contributed by atoms with Crippen molar-refractivity contribution in [2.24, 2.45) is 23.7 Å². The lowest BCUT2D eigenvalue weighted by Gasteiger charge is -2.36. The molecule has 1 aliphatic carbocycles. The summed E-state index contributed by atoms with van der Waals surface area (Å²) in [5.74, 6) is -0.286. The number of methoxy groups -OCH3 is 1. The quantitative estimate of drug-likeness (QED) is 0.0241. The molecule has 33 nitrogen and oxygen atoms in total. The Balaban J connectivity index is 0.483. The maximum atomic E-state index is 14.6. The number of aliphatic hydroxyl groups is 1. The van der Waals surface area contributed by atoms with Gasteiger partial charge in [-0.25, -0.2) is 49.5 Å². The first-order valence-corrected chi connectivity index (χ1v) is 45.5. The monoisotopic (exact) mass is 1750 g/mol. The van der Waals surface area contributed by atoms with Crippen LogP contribution in [0.15, 0.2) is 121 Å². The maximum absolute atomic E-state index is 14.6. The number of aliphatic hydroxyl groups excluding tert-OH is 1. The van der Waals surface area contributed by atoms with E-state index in [0.717, 1.165) is 63.3 Å². The van der Waals surface area contributed by atoms with Crippen molar-refractivity contribution >= 4 is 94.2 Å². The number of Topliss-reactive ketones (excluding diaryl/α,β-unsaturated/α-hetero) is 3. The number of hydrogen-bond acceptors (Lipinski definition) is 28. The number of carbonyl (C=O) groups is 8. The Morgan fingerprint density at radius 3 is 2.11 bits per heavy atom. The van der Waals surface area contributed by atoms with Crippen LogP contribution in [0, 0.1) is 29.1 Å². The number of nitrogens with zero attached hydrogens (tertiary/aromatic N) is 15. The highest BCUT2D eigenvalue weighted by Gasteiger charge is 2.43. The number of aromatic amines is 1. The van der Waals surface area contributed by atoms with Crippen molar-refractivity contribution in [1.82, 2.24) is 64.5 Å². The van der Waals surface area contributed by atoms with Crippen LogP contribution in [0.2, 0.25) is 0 Å². The first-order chi connectivity index (χ1) is 61.9. The Morgan fingerprint density at radius 1 is 0.680 bits per heavy atom. The van der Waals surface area contributed by atoms with Crippen LogP contribution >= 0.6 is 0 Å². The summed E-state index contributed by atoms with van der Waals surface area (Å²) < 4.78 is 24.8. The molecule has 8 aliphatic heterocycles. The molecule has 678 valence electrons. The number of ether oxygens (including phenoxy) is 4. The van der Waals surface area contributed by atoms with Crippen LogP contribution in [0.5, 0.6) is 0 Å². The molecule has 0 radical (unpaired) electrons. The summed E-state index contributed by atoms with van der Waals surface area (Å²) in [6, 6.07) is 7.14. The van der Waals surface area contributed by atoms with E-state index in [0.29, 0.717) is 227 Å². The van der Waals surface area contributed by atoms with Gasteiger partial charge in [0.25, 0.3) is 17.7 Å². The fourth-order valence-corrected chi connectivity index (χ4v) is 18.9. The van der Waals surface area contributed by atoms with E-state index in [1.807, 2.05) is 85.4 Å². The summed E-state index contributed by atoms with van der Waals surface area (Å²) in [5.41, 5.74) is 16.0. The molecule has 6 aromatic rings. The third-order valence-electron chi connectivity index (χ3n) is 26.8. The molecular weight excluding hydrogens is 1630 g/mol. The lowest BCUT2D eigenvalue weighted by Crippen LogP contribution is -2.54. The summed E-state index contributed by atoms with van der Waals surface area (Å²) in [6.45, 7) is 16.4. The van der Waals surface area contributed by atoms with Gasteiger partial charge in [0.05, 0.1) is 53.0 Å². The second kappa shape index (κ2) is 41.9. The van der Waals surface area contributed by atoms with E-state index < -0.39 is 54.0 Å². The van der Waals surface area contributed by atoms with Crippen molar-refractivity contribution in [2.45, 2.75) is 212 Å². The second-order valence-electron chi connectivity index (χ2n) is 35.8. The van der Waals surface area contributed by atoms with Gasteiger partial charge in [-0.15, -0.1) is 0 Å². The number of aromatic nitrogens is 9. The van der Waals surface area contributed by atoms with Gasteiger partial charge >= 0.3 is 12.1 Å². The maximum Gasteiger partial charge on any atom is 0.410 e. The zero-order chi connectivity index (χ0) is 89.6. The number of cyclic esters (lactones) is 1. The van der Waals surface area contributed by atoms with Gasteiger partial charge in [0, 0.05) is 185 Å². The van der Waals surface area contributed by atoms with Gasteiger partial charge < -0.3 is 79.7 Å². The number of hydrogen-bond donors (Lipinski definition) is 6. The van der Waals surface area contributed by atoms with Crippen molar-refractivity contribution < 1.29 is 62.4 Å². The Morgan fingerprint density at radius 2 is 1.38 bits per heavy atom. The molecule has 1 aromatic carbocycles. The number of esters is 1. The minimum Gasteiger partial charge on any atom is -0.460 e. The SMILES string of the molecule is CO[C@H]1CC2CCCC(O2)C(=O)C(=O)N2CCCC[C@H]2C(=O)O[C@H](CCC2CCC(OC(=O)N3CCc4nc(N5CCN(c6ncc(C(=O)N7CCN(c8ncc(C(=O)N9CCc%10cc(CNc%11ncnc(N)c%11C(=N)C%11=Cc%12cc[nH]c%12NC%11)ccc%10C9)cn8)CC7)cn6)CC5)ncc4C3)CC2)CC(=O)[C@H](C)/C=C(\C)[C@@H](O)CC(=O)[C@H](C)C[C@H](C)/C=C/C=CC=C1C. The number of nitrogens with two attached hydrogens (primary N) is 1. The molecule has 15 rings (SSSR count). The van der Waals surface area contributed by atoms with Crippen LogP contribution in [0.3, 0.4) is 0 Å². The molecule has 4 amide bonds. The highest BCUT2D eigenvalue weighted by atomic mass is 16.6. The molecular formula is C95H120N20O13. The van der Waals surface area contributed by atoms with Crippen molar-refractivity contribution in [2.75, 3.05) is 117 Å². The van der Waals surface area contributed by atoms with E-state index in [4.69, 9.17) is 40.1 Å². The van der Waals surface area contributed by atoms with E-state index in [1.54, 1.807) is 67.8 Å². The lowest BCUT2D eigenvalue weighted by molar-refractivity contribution is -0.167. The number of allylic oxidation sites excluding steroid dienone is 6. The fourth-order valence-electron chi connectivity index (χ4n) is 18.9. The van der Waals surface area contributed by atoms with Gasteiger partial charge in [-0.3, -0.25) is 34.2 Å². The van der Waals surface area contributed by atoms with E-state index >= 15 is 0 Å². The highest BCUT2D eigenvalue weighted by molar-refractivity contribution is 6.38. The van der Waals surface area contributed by atoms with Gasteiger partial charge in [0.15, 0.2) is 0 Å². The number of nitrogens with one attached hydrogen (secondary N) is 4. The zero-order valence-electron chi connectivity index (χ0n) is 74.2. The zero-order valence-corrected chi connectivity index (χ0v) is 74.2. The predicted octanol–water partition coefficient (Wildman–Crippen LogP) is 10.4. The lowest BCUT2D eigenvalue weighted by atomic mass is 9.83. The summed E-state index contributed by atoms with van der Waals surface area (Å²) in [7, 11) is 1.64. The number of nitrogen functional groups attached to an aromatic ring is 1. The van der Waals surface area contributed by atoms with Crippen LogP contribution in [0.4, 0.5) is 40.1 Å². The van der Waals surface area contributed by atoms with Crippen LogP contribution in [0.1, 0.15) is 197 Å². The van der Waals surface area contributed by atoms with Crippen LogP contribution in [-0.2, 0) is 75.4 Å². The van der Waals surface area contributed by atoms with Crippen LogP contribution in [0.25, 0.3) is 6.08 Å². The summed E-state index contributed by atoms with van der Waals surface area (Å²) in [4.78, 5) is 165. The third-order valence-corrected chi connectivity index (χ3v) is 26.8. The minimum absolute atomic E-state index is 0.0772. The molecule has 4 saturated heterocycles. The average molecular weight is 1750 g/mol. The molecule has 1 saturated carbocycles. The summed E-state index contributed by atoms with van der Waals surface area (Å²) >= 11 is 0. The number of amides is 4. The second-order valence-corrected chi connectivity index (χ2v) is 35.8. The molecule has 13 heterocycles. The Bertz CT molecular complexity index is 5200. The minimum atomic E-state index is -1.09. The van der Waals surface area contributed by atoms with E-state index in [1.165, 1.54) is 11.2 Å². The number of carbonyl (C=O) groups excluding carboxylic acids is 8. The fraction of sp³-hybridized carbons (Fsp3) is 0.526. The Kier molecular flexibility index (Phi) is 29.7. The first-order valence-electron chi connectivity index (χ1n) is 45.5. The van der Waals surface area contributed by atoms with Crippen molar-refractivity contribution in [3.05, 3.63) is 171 Å². The van der Waals surface area contributed by atoms with Crippen LogP contribution < -0.4 is 31.1 Å². The molecule has 128 heavy (non-hydrogen) atoms. The van der Waals surface area contributed by atoms with E-state index in [2.05, 4.69) is 67.5 Å². The molecule has 5 aromatic heterocycles. The Hall–Kier alpha value is -12.0. The molecule has 9 aliphatic rings. The molecule has 2 bridgehead atoms. The van der Waals surface area contributed by atoms with Crippen LogP contribution in [-0.4, -0.2) is 251 Å². The number of H-pyrrole nitrogens is 1. The molecule has 2 unspecified atom stereocenters. The molecule has 33 heteroatoms. The van der Waals surface area contributed by atoms with E-state index in [-0.39, 0.29) is 90.4 Å². The largest absolute Gasteiger partial charge is 0.460 e. The molecule has 9 atom stereocenters. The topological polar surface area (TPSA) is 409 Å². The van der Waals surface area contributed by atoms with Gasteiger partial charge in [-0.2, -0.15) is 0 Å². The Labute approximate surface area is 746 Å². The van der Waals surface area contributed by atoms with Crippen molar-refractivity contribution in [3.63, 3.8) is 0 Å². The number of piperazine rings is 2. The van der Waals surface area contributed by atoms with Gasteiger partial charge in [-0.05, 0) is 161 Å². The average Bonchev–Trinajstić information content (AvgIpc) is 1.23. The highest BCUT2D eigenvalue weighted by Crippen LogP contribution is 2.36. The number of anilines is 6. The van der Waals surface area contributed by atoms with Gasteiger partial charge in [0.2, 0.25) is 23.6 Å². The number of rotatable bonds is 15. The smallest absolute Gasteiger partial charge is 0.410 e. The van der Waals surface area contributed by atoms with Gasteiger partial charge in [-0.1, -0.05) is 75.4 Å².